The third-order valence-corrected chi connectivity index (χ3v) is 6.92. The van der Waals surface area contributed by atoms with Gasteiger partial charge < -0.3 is 11.5 Å². The summed E-state index contributed by atoms with van der Waals surface area (Å²) >= 11 is 0. The molecule has 33 heavy (non-hydrogen) atoms. The molecule has 0 amide bonds. The first-order valence-electron chi connectivity index (χ1n) is 11.1. The lowest BCUT2D eigenvalue weighted by molar-refractivity contribution is 0.710. The minimum atomic E-state index is -0.768. The van der Waals surface area contributed by atoms with Crippen LogP contribution in [0.5, 0.6) is 0 Å². The van der Waals surface area contributed by atoms with Crippen LogP contribution in [0, 0.1) is 0 Å². The molecular formula is C30H21N3. The predicted octanol–water partition coefficient (Wildman–Crippen LogP) is 4.82. The maximum atomic E-state index is 7.11. The molecule has 0 fully saturated rings. The third-order valence-electron chi connectivity index (χ3n) is 6.92. The van der Waals surface area contributed by atoms with Gasteiger partial charge in [-0.2, -0.15) is 0 Å². The van der Waals surface area contributed by atoms with Crippen LogP contribution in [0.25, 0.3) is 37.9 Å². The van der Waals surface area contributed by atoms with Crippen LogP contribution in [0.1, 0.15) is 5.56 Å². The SMILES string of the molecule is Nc1ccc2c(c1)=NC1=CC(N)(c3cccc4ccc5cc6ccccc6cc5c34)C=CC=21. The summed E-state index contributed by atoms with van der Waals surface area (Å²) in [6.07, 6.45) is 6.30. The van der Waals surface area contributed by atoms with E-state index < -0.39 is 5.54 Å². The molecule has 156 valence electrons. The smallest absolute Gasteiger partial charge is 0.0815 e. The number of nitrogens with two attached hydrogens (primary N) is 2. The summed E-state index contributed by atoms with van der Waals surface area (Å²) in [5, 5.41) is 9.27. The van der Waals surface area contributed by atoms with Crippen molar-refractivity contribution < 1.29 is 0 Å². The second-order valence-electron chi connectivity index (χ2n) is 8.99. The van der Waals surface area contributed by atoms with E-state index in [1.54, 1.807) is 0 Å². The van der Waals surface area contributed by atoms with Gasteiger partial charge in [0.15, 0.2) is 0 Å². The standard InChI is InChI=1S/C30H21N3/c31-22-10-11-23-24-12-13-30(32,17-28(24)33-27(23)16-22)26-7-3-6-18-8-9-21-14-19-4-1-2-5-20(19)15-25(21)29(18)26/h1-17H,31-32H2. The fourth-order valence-electron chi connectivity index (χ4n) is 5.31. The maximum absolute atomic E-state index is 7.11. The van der Waals surface area contributed by atoms with Gasteiger partial charge in [0.25, 0.3) is 0 Å². The predicted molar refractivity (Wildman–Crippen MR) is 137 cm³/mol. The zero-order valence-electron chi connectivity index (χ0n) is 17.9. The maximum Gasteiger partial charge on any atom is 0.0815 e. The first-order chi connectivity index (χ1) is 16.1. The highest BCUT2D eigenvalue weighted by molar-refractivity contribution is 6.13. The van der Waals surface area contributed by atoms with Crippen LogP contribution in [0.2, 0.25) is 0 Å². The summed E-state index contributed by atoms with van der Waals surface area (Å²) in [6.45, 7) is 0. The number of hydrogen-bond acceptors (Lipinski definition) is 3. The van der Waals surface area contributed by atoms with Crippen molar-refractivity contribution in [1.29, 1.82) is 0 Å². The van der Waals surface area contributed by atoms with Crippen LogP contribution >= 0.6 is 0 Å². The molecule has 1 aliphatic carbocycles. The number of nitrogens with zero attached hydrogens (tertiary/aromatic N) is 1. The molecule has 7 rings (SSSR count). The summed E-state index contributed by atoms with van der Waals surface area (Å²) in [7, 11) is 0. The molecule has 0 spiro atoms. The zero-order valence-corrected chi connectivity index (χ0v) is 17.9. The topological polar surface area (TPSA) is 64.4 Å². The minimum Gasteiger partial charge on any atom is -0.399 e. The van der Waals surface area contributed by atoms with E-state index in [0.717, 1.165) is 27.4 Å². The Morgan fingerprint density at radius 2 is 1.52 bits per heavy atom. The molecule has 0 aromatic heterocycles. The Labute approximate surface area is 190 Å². The summed E-state index contributed by atoms with van der Waals surface area (Å²) in [6, 6.07) is 29.7. The van der Waals surface area contributed by atoms with Gasteiger partial charge in [-0.25, -0.2) is 4.99 Å². The Balaban J connectivity index is 1.52. The van der Waals surface area contributed by atoms with Crippen LogP contribution in [-0.2, 0) is 5.54 Å². The van der Waals surface area contributed by atoms with E-state index in [0.29, 0.717) is 5.69 Å². The van der Waals surface area contributed by atoms with Crippen molar-refractivity contribution in [2.24, 2.45) is 10.7 Å². The average molecular weight is 424 g/mol. The van der Waals surface area contributed by atoms with E-state index in [4.69, 9.17) is 16.5 Å². The highest BCUT2D eigenvalue weighted by atomic mass is 14.8. The Morgan fingerprint density at radius 1 is 0.727 bits per heavy atom. The monoisotopic (exact) mass is 423 g/mol. The molecule has 0 radical (unpaired) electrons. The van der Waals surface area contributed by atoms with Crippen LogP contribution in [0.3, 0.4) is 0 Å². The molecule has 3 heteroatoms. The lowest BCUT2D eigenvalue weighted by Gasteiger charge is -2.28. The minimum absolute atomic E-state index is 0.716. The van der Waals surface area contributed by atoms with Crippen LogP contribution in [0.4, 0.5) is 5.69 Å². The summed E-state index contributed by atoms with van der Waals surface area (Å²) in [4.78, 5) is 4.85. The van der Waals surface area contributed by atoms with Gasteiger partial charge in [0.2, 0.25) is 0 Å². The van der Waals surface area contributed by atoms with E-state index in [-0.39, 0.29) is 0 Å². The number of allylic oxidation sites excluding steroid dienone is 1. The molecule has 1 aliphatic heterocycles. The van der Waals surface area contributed by atoms with Crippen molar-refractivity contribution in [2.45, 2.75) is 5.54 Å². The summed E-state index contributed by atoms with van der Waals surface area (Å²) < 4.78 is 0. The van der Waals surface area contributed by atoms with Crippen molar-refractivity contribution >= 4 is 43.6 Å². The molecule has 0 bridgehead atoms. The number of rotatable bonds is 1. The molecule has 0 saturated heterocycles. The average Bonchev–Trinajstić information content (AvgIpc) is 3.18. The van der Waals surface area contributed by atoms with E-state index in [9.17, 15) is 0 Å². The van der Waals surface area contributed by atoms with Gasteiger partial charge in [-0.15, -0.1) is 0 Å². The van der Waals surface area contributed by atoms with E-state index in [2.05, 4.69) is 85.0 Å². The van der Waals surface area contributed by atoms with Crippen LogP contribution in [-0.4, -0.2) is 0 Å². The van der Waals surface area contributed by atoms with Gasteiger partial charge in [-0.05, 0) is 68.2 Å². The van der Waals surface area contributed by atoms with Gasteiger partial charge in [-0.1, -0.05) is 72.8 Å². The second-order valence-corrected chi connectivity index (χ2v) is 8.99. The zero-order chi connectivity index (χ0) is 22.2. The number of nitrogen functional groups attached to an aromatic ring is 1. The fraction of sp³-hybridized carbons (Fsp3) is 0.0333. The molecule has 5 aromatic carbocycles. The number of fused-ring (bicyclic) bond motifs is 6. The molecule has 0 saturated carbocycles. The molecule has 1 heterocycles. The van der Waals surface area contributed by atoms with Gasteiger partial charge >= 0.3 is 0 Å². The van der Waals surface area contributed by atoms with Crippen molar-refractivity contribution in [2.75, 3.05) is 5.73 Å². The second kappa shape index (κ2) is 6.41. The van der Waals surface area contributed by atoms with Gasteiger partial charge in [0.1, 0.15) is 0 Å². The van der Waals surface area contributed by atoms with E-state index in [1.165, 1.54) is 32.3 Å². The third kappa shape index (κ3) is 2.63. The number of hydrogen-bond donors (Lipinski definition) is 2. The molecule has 4 N–H and O–H groups in total. The van der Waals surface area contributed by atoms with Gasteiger partial charge in [0, 0.05) is 16.5 Å². The normalized spacial score (nSPS) is 18.9. The molecule has 3 nitrogen and oxygen atoms in total. The van der Waals surface area contributed by atoms with Crippen molar-refractivity contribution in [1.82, 2.24) is 0 Å². The largest absolute Gasteiger partial charge is 0.399 e. The quantitative estimate of drug-likeness (QED) is 0.231. The number of benzene rings is 5. The molecular weight excluding hydrogens is 402 g/mol. The van der Waals surface area contributed by atoms with Crippen molar-refractivity contribution in [3.05, 3.63) is 125 Å². The van der Waals surface area contributed by atoms with Crippen molar-refractivity contribution in [3.8, 4) is 0 Å². The van der Waals surface area contributed by atoms with Crippen LogP contribution in [0.15, 0.2) is 114 Å². The Morgan fingerprint density at radius 3 is 2.39 bits per heavy atom. The first-order valence-corrected chi connectivity index (χ1v) is 11.1. The fourth-order valence-corrected chi connectivity index (χ4v) is 5.31. The molecule has 1 atom stereocenters. The number of anilines is 1. The highest BCUT2D eigenvalue weighted by Gasteiger charge is 2.30. The van der Waals surface area contributed by atoms with E-state index >= 15 is 0 Å². The summed E-state index contributed by atoms with van der Waals surface area (Å²) in [5.41, 5.74) is 16.1. The molecule has 2 aliphatic rings. The molecule has 5 aromatic rings. The summed E-state index contributed by atoms with van der Waals surface area (Å²) in [5.74, 6) is 0. The van der Waals surface area contributed by atoms with E-state index in [1.807, 2.05) is 18.2 Å². The van der Waals surface area contributed by atoms with Gasteiger partial charge in [0.05, 0.1) is 16.6 Å². The van der Waals surface area contributed by atoms with Crippen LogP contribution < -0.4 is 22.0 Å². The van der Waals surface area contributed by atoms with Gasteiger partial charge in [-0.3, -0.25) is 0 Å². The van der Waals surface area contributed by atoms with Crippen molar-refractivity contribution in [3.63, 3.8) is 0 Å². The first kappa shape index (κ1) is 18.4. The lowest BCUT2D eigenvalue weighted by Crippen LogP contribution is -2.34. The lowest BCUT2D eigenvalue weighted by atomic mass is 9.81. The Bertz CT molecular complexity index is 1840. The highest BCUT2D eigenvalue weighted by Crippen LogP contribution is 2.39. The Hall–Kier alpha value is -4.21. The molecule has 1 unspecified atom stereocenters. The Kier molecular flexibility index (Phi) is 3.57.